The van der Waals surface area contributed by atoms with E-state index in [0.717, 1.165) is 22.0 Å². The van der Waals surface area contributed by atoms with Gasteiger partial charge in [0.25, 0.3) is 5.91 Å². The van der Waals surface area contributed by atoms with Crippen LogP contribution in [0.25, 0.3) is 21.0 Å². The van der Waals surface area contributed by atoms with Crippen molar-refractivity contribution < 1.29 is 4.79 Å². The molecule has 0 radical (unpaired) electrons. The van der Waals surface area contributed by atoms with Gasteiger partial charge in [0.2, 0.25) is 0 Å². The molecule has 2 aromatic heterocycles. The fourth-order valence-corrected chi connectivity index (χ4v) is 4.48. The first-order chi connectivity index (χ1) is 12.1. The third kappa shape index (κ3) is 3.03. The summed E-state index contributed by atoms with van der Waals surface area (Å²) in [6, 6.07) is 14.2. The monoisotopic (exact) mass is 368 g/mol. The van der Waals surface area contributed by atoms with Crippen LogP contribution in [0.4, 0.5) is 0 Å². The minimum absolute atomic E-state index is 0.109. The molecule has 1 amide bonds. The van der Waals surface area contributed by atoms with Gasteiger partial charge < -0.3 is 10.3 Å². The molecule has 25 heavy (non-hydrogen) atoms. The molecule has 0 fully saturated rings. The molecule has 5 heteroatoms. The zero-order chi connectivity index (χ0) is 17.4. The van der Waals surface area contributed by atoms with Crippen LogP contribution < -0.4 is 5.32 Å². The van der Waals surface area contributed by atoms with Crippen molar-refractivity contribution in [3.8, 4) is 0 Å². The van der Waals surface area contributed by atoms with E-state index in [-0.39, 0.29) is 5.91 Å². The van der Waals surface area contributed by atoms with Crippen molar-refractivity contribution in [1.82, 2.24) is 10.3 Å². The molecule has 0 aliphatic heterocycles. The second-order valence-corrected chi connectivity index (χ2v) is 7.54. The van der Waals surface area contributed by atoms with Gasteiger partial charge in [-0.15, -0.1) is 11.3 Å². The van der Waals surface area contributed by atoms with E-state index in [9.17, 15) is 4.79 Å². The fourth-order valence-electron chi connectivity index (χ4n) is 3.05. The Morgan fingerprint density at radius 2 is 2.04 bits per heavy atom. The minimum Gasteiger partial charge on any atom is -0.361 e. The van der Waals surface area contributed by atoms with Crippen molar-refractivity contribution in [3.05, 3.63) is 69.7 Å². The van der Waals surface area contributed by atoms with Gasteiger partial charge in [-0.3, -0.25) is 4.79 Å². The number of hydrogen-bond donors (Lipinski definition) is 2. The van der Waals surface area contributed by atoms with Crippen LogP contribution in [0.5, 0.6) is 0 Å². The van der Waals surface area contributed by atoms with Gasteiger partial charge in [-0.25, -0.2) is 0 Å². The number of carbonyl (C=O) groups excluding carboxylic acids is 1. The number of fused-ring (bicyclic) bond motifs is 2. The average molecular weight is 369 g/mol. The third-order valence-electron chi connectivity index (χ3n) is 4.34. The Morgan fingerprint density at radius 3 is 2.88 bits per heavy atom. The second-order valence-electron chi connectivity index (χ2n) is 6.11. The average Bonchev–Trinajstić information content (AvgIpc) is 3.16. The summed E-state index contributed by atoms with van der Waals surface area (Å²) in [7, 11) is 0. The summed E-state index contributed by atoms with van der Waals surface area (Å²) in [5.74, 6) is -0.109. The molecule has 0 aliphatic carbocycles. The van der Waals surface area contributed by atoms with Crippen LogP contribution in [0.2, 0.25) is 5.02 Å². The number of rotatable bonds is 4. The van der Waals surface area contributed by atoms with Crippen LogP contribution >= 0.6 is 22.9 Å². The van der Waals surface area contributed by atoms with Gasteiger partial charge in [0, 0.05) is 33.7 Å². The van der Waals surface area contributed by atoms with E-state index in [0.29, 0.717) is 16.4 Å². The summed E-state index contributed by atoms with van der Waals surface area (Å²) in [6.07, 6.45) is 2.79. The number of hydrogen-bond acceptors (Lipinski definition) is 2. The lowest BCUT2D eigenvalue weighted by Gasteiger charge is -2.04. The summed E-state index contributed by atoms with van der Waals surface area (Å²) in [4.78, 5) is 16.3. The lowest BCUT2D eigenvalue weighted by molar-refractivity contribution is 0.0958. The maximum Gasteiger partial charge on any atom is 0.262 e. The van der Waals surface area contributed by atoms with Crippen molar-refractivity contribution in [3.63, 3.8) is 0 Å². The van der Waals surface area contributed by atoms with Gasteiger partial charge >= 0.3 is 0 Å². The van der Waals surface area contributed by atoms with Crippen LogP contribution in [0.1, 0.15) is 20.8 Å². The van der Waals surface area contributed by atoms with Gasteiger partial charge in [-0.05, 0) is 37.1 Å². The summed E-state index contributed by atoms with van der Waals surface area (Å²) in [6.45, 7) is 2.66. The molecule has 0 unspecified atom stereocenters. The highest BCUT2D eigenvalue weighted by Crippen LogP contribution is 2.34. The van der Waals surface area contributed by atoms with Gasteiger partial charge in [0.05, 0.1) is 5.02 Å². The Hall–Kier alpha value is -2.30. The maximum absolute atomic E-state index is 12.5. The summed E-state index contributed by atoms with van der Waals surface area (Å²) in [5, 5.41) is 5.69. The molecular formula is C20H17ClN2OS. The minimum atomic E-state index is -0.109. The highest BCUT2D eigenvalue weighted by atomic mass is 35.5. The van der Waals surface area contributed by atoms with Crippen molar-refractivity contribution >= 4 is 49.8 Å². The number of aromatic nitrogens is 1. The largest absolute Gasteiger partial charge is 0.361 e. The maximum atomic E-state index is 12.5. The number of aryl methyl sites for hydroxylation is 1. The zero-order valence-corrected chi connectivity index (χ0v) is 15.3. The van der Waals surface area contributed by atoms with E-state index in [1.54, 1.807) is 0 Å². The van der Waals surface area contributed by atoms with E-state index < -0.39 is 0 Å². The Morgan fingerprint density at radius 1 is 1.20 bits per heavy atom. The number of thiophene rings is 1. The standard InChI is InChI=1S/C20H17ClN2OS/c1-12-6-7-16-15(10-12)13(11-23-16)8-9-22-20(24)19-18(21)14-4-2-3-5-17(14)25-19/h2-7,10-11,23H,8-9H2,1H3,(H,22,24). The van der Waals surface area contributed by atoms with Crippen molar-refractivity contribution in [2.24, 2.45) is 0 Å². The highest BCUT2D eigenvalue weighted by Gasteiger charge is 2.16. The second kappa shape index (κ2) is 6.54. The lowest BCUT2D eigenvalue weighted by Crippen LogP contribution is -2.25. The quantitative estimate of drug-likeness (QED) is 0.503. The zero-order valence-electron chi connectivity index (χ0n) is 13.7. The topological polar surface area (TPSA) is 44.9 Å². The molecular weight excluding hydrogens is 352 g/mol. The molecule has 0 saturated carbocycles. The smallest absolute Gasteiger partial charge is 0.262 e. The molecule has 0 aliphatic rings. The van der Waals surface area contributed by atoms with Gasteiger partial charge in [-0.1, -0.05) is 41.4 Å². The van der Waals surface area contributed by atoms with E-state index in [1.807, 2.05) is 30.5 Å². The van der Waals surface area contributed by atoms with Crippen LogP contribution in [0.15, 0.2) is 48.7 Å². The molecule has 0 bridgehead atoms. The van der Waals surface area contributed by atoms with E-state index >= 15 is 0 Å². The van der Waals surface area contributed by atoms with Crippen molar-refractivity contribution in [1.29, 1.82) is 0 Å². The first-order valence-electron chi connectivity index (χ1n) is 8.15. The highest BCUT2D eigenvalue weighted by molar-refractivity contribution is 7.21. The third-order valence-corrected chi connectivity index (χ3v) is 6.02. The number of amides is 1. The number of nitrogens with one attached hydrogen (secondary N) is 2. The normalized spacial score (nSPS) is 11.3. The Balaban J connectivity index is 1.48. The molecule has 0 saturated heterocycles. The summed E-state index contributed by atoms with van der Waals surface area (Å²) < 4.78 is 1.03. The molecule has 126 valence electrons. The van der Waals surface area contributed by atoms with Crippen LogP contribution in [0.3, 0.4) is 0 Å². The van der Waals surface area contributed by atoms with E-state index in [1.165, 1.54) is 27.8 Å². The number of halogens is 1. The van der Waals surface area contributed by atoms with E-state index in [4.69, 9.17) is 11.6 Å². The van der Waals surface area contributed by atoms with Gasteiger partial charge in [0.15, 0.2) is 0 Å². The molecule has 0 spiro atoms. The number of benzene rings is 2. The van der Waals surface area contributed by atoms with Crippen molar-refractivity contribution in [2.75, 3.05) is 6.54 Å². The number of carbonyl (C=O) groups is 1. The van der Waals surface area contributed by atoms with Gasteiger partial charge in [-0.2, -0.15) is 0 Å². The molecule has 2 heterocycles. The Bertz CT molecular complexity index is 1080. The molecule has 2 aromatic carbocycles. The predicted octanol–water partition coefficient (Wildman–Crippen LogP) is 5.32. The lowest BCUT2D eigenvalue weighted by atomic mass is 10.1. The number of aromatic amines is 1. The Labute approximate surface area is 154 Å². The SMILES string of the molecule is Cc1ccc2[nH]cc(CCNC(=O)c3sc4ccccc4c3Cl)c2c1. The molecule has 4 aromatic rings. The Kier molecular flexibility index (Phi) is 4.24. The first-order valence-corrected chi connectivity index (χ1v) is 9.35. The summed E-state index contributed by atoms with van der Waals surface area (Å²) in [5.41, 5.74) is 3.57. The molecule has 2 N–H and O–H groups in total. The molecule has 0 atom stereocenters. The van der Waals surface area contributed by atoms with Crippen LogP contribution in [-0.2, 0) is 6.42 Å². The number of H-pyrrole nitrogens is 1. The van der Waals surface area contributed by atoms with Crippen LogP contribution in [-0.4, -0.2) is 17.4 Å². The van der Waals surface area contributed by atoms with Crippen LogP contribution in [0, 0.1) is 6.92 Å². The molecule has 4 rings (SSSR count). The summed E-state index contributed by atoms with van der Waals surface area (Å²) >= 11 is 7.80. The van der Waals surface area contributed by atoms with Crippen molar-refractivity contribution in [2.45, 2.75) is 13.3 Å². The van der Waals surface area contributed by atoms with Gasteiger partial charge in [0.1, 0.15) is 4.88 Å². The molecule has 3 nitrogen and oxygen atoms in total. The predicted molar refractivity (Wildman–Crippen MR) is 106 cm³/mol. The first kappa shape index (κ1) is 16.2. The fraction of sp³-hybridized carbons (Fsp3) is 0.150. The van der Waals surface area contributed by atoms with E-state index in [2.05, 4.69) is 35.4 Å².